The highest BCUT2D eigenvalue weighted by Gasteiger charge is 2.31. The van der Waals surface area contributed by atoms with Crippen molar-refractivity contribution in [2.75, 3.05) is 15.1 Å². The second kappa shape index (κ2) is 22.2. The Balaban J connectivity index is 0.765. The number of allylic oxidation sites excluding steroid dienone is 8. The van der Waals surface area contributed by atoms with E-state index >= 15 is 0 Å². The Morgan fingerprint density at radius 3 is 2.14 bits per heavy atom. The summed E-state index contributed by atoms with van der Waals surface area (Å²) in [5.74, 6) is 1.50. The number of rotatable bonds is 19. The van der Waals surface area contributed by atoms with Gasteiger partial charge in [-0.05, 0) is 165 Å². The summed E-state index contributed by atoms with van der Waals surface area (Å²) in [5.41, 5.74) is 18.4. The van der Waals surface area contributed by atoms with Crippen LogP contribution in [0.5, 0.6) is 0 Å². The number of imidazole rings is 1. The molecule has 10 rings (SSSR count). The molecule has 0 spiro atoms. The third-order valence-corrected chi connectivity index (χ3v) is 14.1. The van der Waals surface area contributed by atoms with Crippen LogP contribution in [0, 0.1) is 5.92 Å². The highest BCUT2D eigenvalue weighted by Crippen LogP contribution is 2.46. The highest BCUT2D eigenvalue weighted by molar-refractivity contribution is 5.84. The van der Waals surface area contributed by atoms with E-state index in [4.69, 9.17) is 4.98 Å². The molecule has 0 amide bonds. The van der Waals surface area contributed by atoms with Crippen LogP contribution in [0.1, 0.15) is 80.8 Å². The molecule has 7 aromatic carbocycles. The Kier molecular flexibility index (Phi) is 14.7. The molecule has 2 unspecified atom stereocenters. The molecule has 0 fully saturated rings. The first kappa shape index (κ1) is 46.8. The van der Waals surface area contributed by atoms with Crippen LogP contribution in [0.25, 0.3) is 28.1 Å². The van der Waals surface area contributed by atoms with E-state index < -0.39 is 0 Å². The number of benzene rings is 7. The van der Waals surface area contributed by atoms with Crippen molar-refractivity contribution >= 4 is 33.8 Å². The largest absolute Gasteiger partial charge is 0.359 e. The van der Waals surface area contributed by atoms with Crippen molar-refractivity contribution in [3.05, 3.63) is 264 Å². The zero-order valence-corrected chi connectivity index (χ0v) is 41.3. The van der Waals surface area contributed by atoms with Crippen molar-refractivity contribution in [1.82, 2.24) is 9.55 Å². The van der Waals surface area contributed by atoms with Crippen molar-refractivity contribution in [3.8, 4) is 17.1 Å². The van der Waals surface area contributed by atoms with E-state index in [-0.39, 0.29) is 6.17 Å². The van der Waals surface area contributed by atoms with Crippen molar-refractivity contribution in [1.29, 1.82) is 0 Å². The predicted molar refractivity (Wildman–Crippen MR) is 300 cm³/mol. The fraction of sp³-hybridized carbons (Fsp3) is 0.197. The maximum absolute atomic E-state index is 5.07. The monoisotopic (exact) mass is 928 g/mol. The number of aromatic nitrogens is 2. The number of nitrogens with zero attached hydrogens (tertiary/aromatic N) is 4. The van der Waals surface area contributed by atoms with E-state index in [0.717, 1.165) is 91.6 Å². The molecule has 5 heteroatoms. The summed E-state index contributed by atoms with van der Waals surface area (Å²) in [7, 11) is 0. The molecule has 1 aliphatic heterocycles. The van der Waals surface area contributed by atoms with Gasteiger partial charge in [0, 0.05) is 34.0 Å². The van der Waals surface area contributed by atoms with Gasteiger partial charge >= 0.3 is 0 Å². The van der Waals surface area contributed by atoms with Crippen LogP contribution >= 0.6 is 0 Å². The van der Waals surface area contributed by atoms with Gasteiger partial charge in [0.25, 0.3) is 0 Å². The lowest BCUT2D eigenvalue weighted by Gasteiger charge is -2.31. The highest BCUT2D eigenvalue weighted by atomic mass is 15.3. The second-order valence-corrected chi connectivity index (χ2v) is 19.1. The van der Waals surface area contributed by atoms with E-state index in [9.17, 15) is 0 Å². The molecule has 0 saturated carbocycles. The molecule has 2 aliphatic rings. The number of anilines is 4. The molecule has 0 saturated heterocycles. The number of nitrogens with one attached hydrogen (secondary N) is 1. The standard InChI is InChI=1S/C66H65N5/c1-4-19-56(27-13-12-20-49(3)48-53-34-42-55(43-35-53)66-68-62-29-15-17-31-64(62)71(66)58-25-10-7-11-26-58)69(59-44-36-50(5-2)37-45-59)60-46-38-52(39-47-60)22-18-21-51-32-40-54(41-33-51)65-67-61-28-14-16-30-63(61)70(65)57-23-8-6-9-24-57/h4,6-11,13-17,19,23-38,40-46,49,65,67H,1,5,12,18,20-22,39,47-48H2,2-3H3/b27-13-,56-19+. The number of hydrogen-bond donors (Lipinski definition) is 1. The van der Waals surface area contributed by atoms with Gasteiger partial charge < -0.3 is 15.1 Å². The Morgan fingerprint density at radius 1 is 0.718 bits per heavy atom. The zero-order chi connectivity index (χ0) is 48.4. The van der Waals surface area contributed by atoms with Crippen molar-refractivity contribution < 1.29 is 0 Å². The van der Waals surface area contributed by atoms with Gasteiger partial charge in [0.05, 0.1) is 22.4 Å². The summed E-state index contributed by atoms with van der Waals surface area (Å²) in [4.78, 5) is 9.93. The molecule has 1 aromatic heterocycles. The number of fused-ring (bicyclic) bond motifs is 2. The van der Waals surface area contributed by atoms with Gasteiger partial charge in [-0.1, -0.05) is 166 Å². The Hall–Kier alpha value is -7.89. The fourth-order valence-electron chi connectivity index (χ4n) is 10.3. The molecule has 2 atom stereocenters. The maximum Gasteiger partial charge on any atom is 0.145 e. The maximum atomic E-state index is 5.07. The molecule has 8 aromatic rings. The van der Waals surface area contributed by atoms with Crippen molar-refractivity contribution in [2.45, 2.75) is 77.8 Å². The Labute approximate surface area is 421 Å². The molecule has 5 nitrogen and oxygen atoms in total. The van der Waals surface area contributed by atoms with Gasteiger partial charge in [0.15, 0.2) is 0 Å². The minimum Gasteiger partial charge on any atom is -0.359 e. The minimum absolute atomic E-state index is 0.0503. The fourth-order valence-corrected chi connectivity index (χ4v) is 10.3. The average Bonchev–Trinajstić information content (AvgIpc) is 4.01. The SMILES string of the molecule is C=C/C=C(\C=C/CCC(C)Cc1ccc(-c2nc3ccccc3n2-c2ccccc2)cc1)N(C1=CC=C(CCCc2ccc(C3Nc4ccccc4N3c3ccccc3)cc2)CC1)c1ccc(CC)cc1. The second-order valence-electron chi connectivity index (χ2n) is 19.1. The van der Waals surface area contributed by atoms with Gasteiger partial charge in [-0.2, -0.15) is 0 Å². The van der Waals surface area contributed by atoms with Gasteiger partial charge in [0.1, 0.15) is 12.0 Å². The van der Waals surface area contributed by atoms with E-state index in [1.54, 1.807) is 0 Å². The lowest BCUT2D eigenvalue weighted by atomic mass is 9.95. The predicted octanol–water partition coefficient (Wildman–Crippen LogP) is 17.2. The van der Waals surface area contributed by atoms with E-state index in [1.807, 2.05) is 6.08 Å². The quantitative estimate of drug-likeness (QED) is 0.0820. The number of para-hydroxylation sites is 6. The molecule has 354 valence electrons. The molecular formula is C66H65N5. The molecule has 1 aliphatic carbocycles. The van der Waals surface area contributed by atoms with E-state index in [1.165, 1.54) is 56.3 Å². The summed E-state index contributed by atoms with van der Waals surface area (Å²) in [5, 5.41) is 3.78. The molecule has 0 bridgehead atoms. The van der Waals surface area contributed by atoms with Crippen LogP contribution in [0.3, 0.4) is 0 Å². The smallest absolute Gasteiger partial charge is 0.145 e. The minimum atomic E-state index is 0.0503. The van der Waals surface area contributed by atoms with Crippen LogP contribution in [0.2, 0.25) is 0 Å². The van der Waals surface area contributed by atoms with E-state index in [0.29, 0.717) is 5.92 Å². The summed E-state index contributed by atoms with van der Waals surface area (Å²) in [6.07, 6.45) is 23.1. The van der Waals surface area contributed by atoms with Crippen LogP contribution < -0.4 is 15.1 Å². The Morgan fingerprint density at radius 2 is 1.41 bits per heavy atom. The molecule has 71 heavy (non-hydrogen) atoms. The first-order valence-corrected chi connectivity index (χ1v) is 25.7. The third kappa shape index (κ3) is 10.8. The summed E-state index contributed by atoms with van der Waals surface area (Å²) in [6, 6.07) is 65.6. The van der Waals surface area contributed by atoms with Gasteiger partial charge in [-0.15, -0.1) is 0 Å². The third-order valence-electron chi connectivity index (χ3n) is 14.1. The molecule has 1 N–H and O–H groups in total. The number of aryl methyl sites for hydroxylation is 2. The summed E-state index contributed by atoms with van der Waals surface area (Å²) >= 11 is 0. The normalized spacial score (nSPS) is 15.0. The average molecular weight is 928 g/mol. The van der Waals surface area contributed by atoms with Crippen LogP contribution in [-0.2, 0) is 19.3 Å². The number of hydrogen-bond acceptors (Lipinski definition) is 4. The lowest BCUT2D eigenvalue weighted by Crippen LogP contribution is -2.23. The first-order chi connectivity index (χ1) is 35.0. The molecule has 0 radical (unpaired) electrons. The van der Waals surface area contributed by atoms with E-state index in [2.05, 4.69) is 252 Å². The van der Waals surface area contributed by atoms with Gasteiger partial charge in [0.2, 0.25) is 0 Å². The van der Waals surface area contributed by atoms with Crippen molar-refractivity contribution in [2.24, 2.45) is 5.92 Å². The molecular weight excluding hydrogens is 863 g/mol. The van der Waals surface area contributed by atoms with Crippen LogP contribution in [-0.4, -0.2) is 9.55 Å². The summed E-state index contributed by atoms with van der Waals surface area (Å²) in [6.45, 7) is 8.74. The lowest BCUT2D eigenvalue weighted by molar-refractivity contribution is 0.536. The van der Waals surface area contributed by atoms with Crippen LogP contribution in [0.4, 0.5) is 22.7 Å². The van der Waals surface area contributed by atoms with Crippen molar-refractivity contribution in [3.63, 3.8) is 0 Å². The molecule has 2 heterocycles. The first-order valence-electron chi connectivity index (χ1n) is 25.7. The van der Waals surface area contributed by atoms with Gasteiger partial charge in [-0.25, -0.2) is 4.98 Å². The zero-order valence-electron chi connectivity index (χ0n) is 41.3. The Bertz CT molecular complexity index is 3170. The topological polar surface area (TPSA) is 36.3 Å². The summed E-state index contributed by atoms with van der Waals surface area (Å²) < 4.78 is 2.27. The van der Waals surface area contributed by atoms with Crippen LogP contribution in [0.15, 0.2) is 242 Å². The van der Waals surface area contributed by atoms with Gasteiger partial charge in [-0.3, -0.25) is 4.57 Å².